The number of benzene rings is 1. The lowest BCUT2D eigenvalue weighted by Crippen LogP contribution is -2.41. The summed E-state index contributed by atoms with van der Waals surface area (Å²) in [5, 5.41) is 0. The highest BCUT2D eigenvalue weighted by atomic mass is 127. The molecule has 1 aliphatic rings. The number of hydrogen-bond donors (Lipinski definition) is 0. The predicted octanol–water partition coefficient (Wildman–Crippen LogP) is 1.55. The fraction of sp³-hybridized carbons (Fsp3) is 0.357. The third-order valence-electron chi connectivity index (χ3n) is 3.26. The molecule has 0 spiro atoms. The minimum absolute atomic E-state index is 0.00475. The van der Waals surface area contributed by atoms with Crippen LogP contribution in [0.3, 0.4) is 0 Å². The first-order valence-electron chi connectivity index (χ1n) is 6.13. The van der Waals surface area contributed by atoms with Gasteiger partial charge in [-0.05, 0) is 53.3 Å². The van der Waals surface area contributed by atoms with Crippen molar-refractivity contribution in [3.8, 4) is 12.3 Å². The van der Waals surface area contributed by atoms with Crippen LogP contribution >= 0.6 is 22.6 Å². The molecule has 0 aromatic heterocycles. The normalized spacial score (nSPS) is 20.3. The molecule has 1 aromatic carbocycles. The molecule has 2 rings (SSSR count). The lowest BCUT2D eigenvalue weighted by Gasteiger charge is -2.26. The average molecular weight is 403 g/mol. The number of rotatable bonds is 3. The second-order valence-corrected chi connectivity index (χ2v) is 8.18. The predicted molar refractivity (Wildman–Crippen MR) is 86.1 cm³/mol. The Labute approximate surface area is 132 Å². The van der Waals surface area contributed by atoms with E-state index < -0.39 is 9.84 Å². The summed E-state index contributed by atoms with van der Waals surface area (Å²) in [6.45, 7) is 0.130. The number of hydrogen-bond acceptors (Lipinski definition) is 3. The van der Waals surface area contributed by atoms with E-state index in [1.165, 1.54) is 4.90 Å². The van der Waals surface area contributed by atoms with Crippen molar-refractivity contribution in [2.45, 2.75) is 12.5 Å². The van der Waals surface area contributed by atoms with Crippen LogP contribution in [0, 0.1) is 15.9 Å². The van der Waals surface area contributed by atoms with E-state index in [2.05, 4.69) is 28.5 Å². The number of carbonyl (C=O) groups is 1. The van der Waals surface area contributed by atoms with E-state index in [0.29, 0.717) is 12.0 Å². The first-order valence-corrected chi connectivity index (χ1v) is 9.03. The Morgan fingerprint density at radius 1 is 1.40 bits per heavy atom. The second kappa shape index (κ2) is 6.14. The molecule has 1 aromatic rings. The molecule has 1 unspecified atom stereocenters. The van der Waals surface area contributed by atoms with Gasteiger partial charge in [0.05, 0.1) is 18.1 Å². The van der Waals surface area contributed by atoms with Crippen LogP contribution in [0.15, 0.2) is 24.3 Å². The van der Waals surface area contributed by atoms with Gasteiger partial charge in [-0.15, -0.1) is 6.42 Å². The maximum atomic E-state index is 12.5. The second-order valence-electron chi connectivity index (χ2n) is 4.70. The molecule has 1 saturated heterocycles. The zero-order valence-electron chi connectivity index (χ0n) is 10.8. The number of nitrogens with zero attached hydrogens (tertiary/aromatic N) is 1. The fourth-order valence-electron chi connectivity index (χ4n) is 2.24. The molecule has 1 heterocycles. The topological polar surface area (TPSA) is 54.5 Å². The summed E-state index contributed by atoms with van der Waals surface area (Å²) < 4.78 is 24.2. The fourth-order valence-corrected chi connectivity index (χ4v) is 4.33. The molecule has 0 N–H and O–H groups in total. The van der Waals surface area contributed by atoms with Crippen LogP contribution in [0.1, 0.15) is 16.8 Å². The van der Waals surface area contributed by atoms with Gasteiger partial charge in [-0.25, -0.2) is 8.42 Å². The van der Waals surface area contributed by atoms with Gasteiger partial charge in [0.15, 0.2) is 9.84 Å². The highest BCUT2D eigenvalue weighted by Crippen LogP contribution is 2.20. The largest absolute Gasteiger partial charge is 0.323 e. The Morgan fingerprint density at radius 3 is 2.55 bits per heavy atom. The molecule has 0 aliphatic carbocycles. The zero-order valence-corrected chi connectivity index (χ0v) is 13.7. The third kappa shape index (κ3) is 3.52. The van der Waals surface area contributed by atoms with Gasteiger partial charge in [0.1, 0.15) is 0 Å². The van der Waals surface area contributed by atoms with E-state index in [4.69, 9.17) is 6.42 Å². The Hall–Kier alpha value is -1.07. The summed E-state index contributed by atoms with van der Waals surface area (Å²) >= 11 is 2.16. The summed E-state index contributed by atoms with van der Waals surface area (Å²) in [6, 6.07) is 6.83. The van der Waals surface area contributed by atoms with Crippen molar-refractivity contribution in [2.24, 2.45) is 0 Å². The molecule has 106 valence electrons. The molecule has 20 heavy (non-hydrogen) atoms. The van der Waals surface area contributed by atoms with Crippen LogP contribution in [0.4, 0.5) is 0 Å². The van der Waals surface area contributed by atoms with Crippen LogP contribution in [-0.4, -0.2) is 43.3 Å². The van der Waals surface area contributed by atoms with Crippen molar-refractivity contribution in [1.29, 1.82) is 0 Å². The summed E-state index contributed by atoms with van der Waals surface area (Å²) in [4.78, 5) is 14.0. The van der Waals surface area contributed by atoms with Crippen LogP contribution in [0.25, 0.3) is 0 Å². The van der Waals surface area contributed by atoms with Gasteiger partial charge in [0, 0.05) is 15.2 Å². The van der Waals surface area contributed by atoms with E-state index in [1.54, 1.807) is 12.1 Å². The Bertz CT molecular complexity index is 646. The Balaban J connectivity index is 2.23. The average Bonchev–Trinajstić information content (AvgIpc) is 2.76. The van der Waals surface area contributed by atoms with Crippen LogP contribution in [0.5, 0.6) is 0 Å². The number of carbonyl (C=O) groups excluding carboxylic acids is 1. The summed E-state index contributed by atoms with van der Waals surface area (Å²) in [5.74, 6) is 2.36. The lowest BCUT2D eigenvalue weighted by molar-refractivity contribution is 0.0724. The van der Waals surface area contributed by atoms with Gasteiger partial charge >= 0.3 is 0 Å². The molecular formula is C14H14INO3S. The Morgan fingerprint density at radius 2 is 2.05 bits per heavy atom. The standard InChI is InChI=1S/C14H14INO3S/c1-2-8-16(13-7-9-20(18,19)10-13)14(17)11-3-5-12(15)6-4-11/h1,3-6,13H,7-10H2. The Kier molecular flexibility index (Phi) is 4.70. The number of terminal acetylenes is 1. The minimum atomic E-state index is -3.04. The molecule has 1 fully saturated rings. The van der Waals surface area contributed by atoms with E-state index in [1.807, 2.05) is 12.1 Å². The SMILES string of the molecule is C#CCN(C(=O)c1ccc(I)cc1)C1CCS(=O)(=O)C1. The molecule has 0 radical (unpaired) electrons. The molecule has 1 amide bonds. The lowest BCUT2D eigenvalue weighted by atomic mass is 10.1. The van der Waals surface area contributed by atoms with Gasteiger partial charge in [-0.3, -0.25) is 4.79 Å². The molecular weight excluding hydrogens is 389 g/mol. The number of amides is 1. The van der Waals surface area contributed by atoms with Crippen LogP contribution < -0.4 is 0 Å². The van der Waals surface area contributed by atoms with Crippen molar-refractivity contribution < 1.29 is 13.2 Å². The zero-order chi connectivity index (χ0) is 14.8. The molecule has 0 bridgehead atoms. The van der Waals surface area contributed by atoms with Gasteiger partial charge < -0.3 is 4.90 Å². The van der Waals surface area contributed by atoms with Gasteiger partial charge in [0.25, 0.3) is 5.91 Å². The van der Waals surface area contributed by atoms with Crippen molar-refractivity contribution >= 4 is 38.3 Å². The smallest absolute Gasteiger partial charge is 0.254 e. The van der Waals surface area contributed by atoms with E-state index in [-0.39, 0.29) is 30.0 Å². The minimum Gasteiger partial charge on any atom is -0.323 e. The number of halogens is 1. The maximum absolute atomic E-state index is 12.5. The number of sulfone groups is 1. The summed E-state index contributed by atoms with van der Waals surface area (Å²) in [7, 11) is -3.04. The van der Waals surface area contributed by atoms with Crippen LogP contribution in [-0.2, 0) is 9.84 Å². The first-order chi connectivity index (χ1) is 9.43. The highest BCUT2D eigenvalue weighted by molar-refractivity contribution is 14.1. The summed E-state index contributed by atoms with van der Waals surface area (Å²) in [6.07, 6.45) is 5.77. The molecule has 1 atom stereocenters. The molecule has 4 nitrogen and oxygen atoms in total. The van der Waals surface area contributed by atoms with Gasteiger partial charge in [-0.1, -0.05) is 5.92 Å². The summed E-state index contributed by atoms with van der Waals surface area (Å²) in [5.41, 5.74) is 0.532. The van der Waals surface area contributed by atoms with Crippen LogP contribution in [0.2, 0.25) is 0 Å². The van der Waals surface area contributed by atoms with Crippen molar-refractivity contribution in [3.63, 3.8) is 0 Å². The molecule has 1 aliphatic heterocycles. The maximum Gasteiger partial charge on any atom is 0.254 e. The van der Waals surface area contributed by atoms with Crippen molar-refractivity contribution in [1.82, 2.24) is 4.90 Å². The highest BCUT2D eigenvalue weighted by Gasteiger charge is 2.34. The van der Waals surface area contributed by atoms with E-state index in [9.17, 15) is 13.2 Å². The van der Waals surface area contributed by atoms with E-state index in [0.717, 1.165) is 3.57 Å². The molecule has 0 saturated carbocycles. The van der Waals surface area contributed by atoms with E-state index >= 15 is 0 Å². The first kappa shape index (κ1) is 15.3. The van der Waals surface area contributed by atoms with Gasteiger partial charge in [0.2, 0.25) is 0 Å². The third-order valence-corrected chi connectivity index (χ3v) is 5.73. The van der Waals surface area contributed by atoms with Gasteiger partial charge in [-0.2, -0.15) is 0 Å². The quantitative estimate of drug-likeness (QED) is 0.569. The van der Waals surface area contributed by atoms with Crippen molar-refractivity contribution in [2.75, 3.05) is 18.1 Å². The molecule has 6 heteroatoms. The monoisotopic (exact) mass is 403 g/mol. The van der Waals surface area contributed by atoms with Crippen molar-refractivity contribution in [3.05, 3.63) is 33.4 Å².